The molecule has 1 unspecified atom stereocenters. The summed E-state index contributed by atoms with van der Waals surface area (Å²) in [5, 5.41) is 3.15. The number of hydrogen-bond donors (Lipinski definition) is 1. The monoisotopic (exact) mass is 246 g/mol. The minimum Gasteiger partial charge on any atom is -0.348 e. The van der Waals surface area contributed by atoms with Crippen molar-refractivity contribution in [3.63, 3.8) is 0 Å². The van der Waals surface area contributed by atoms with E-state index < -0.39 is 0 Å². The summed E-state index contributed by atoms with van der Waals surface area (Å²) in [4.78, 5) is 14.0. The molecule has 3 nitrogen and oxygen atoms in total. The number of likely N-dealkylation sites (N-methyl/N-ethyl adjacent to an activating group) is 1. The number of hydrogen-bond acceptors (Lipinski definition) is 3. The van der Waals surface area contributed by atoms with Gasteiger partial charge in [0.2, 0.25) is 5.91 Å². The Balaban J connectivity index is 2.43. The summed E-state index contributed by atoms with van der Waals surface area (Å²) in [6.45, 7) is 2.37. The predicted octanol–water partition coefficient (Wildman–Crippen LogP) is 2.14. The smallest absolute Gasteiger partial charge is 0.236 e. The number of thiophene rings is 1. The maximum absolute atomic E-state index is 11.3. The van der Waals surface area contributed by atoms with Crippen molar-refractivity contribution in [2.45, 2.75) is 13.0 Å². The lowest BCUT2D eigenvalue weighted by Gasteiger charge is -2.14. The Morgan fingerprint density at radius 3 is 2.73 bits per heavy atom. The number of halogens is 1. The predicted molar refractivity (Wildman–Crippen MR) is 64.4 cm³/mol. The lowest BCUT2D eigenvalue weighted by molar-refractivity contribution is -0.127. The van der Waals surface area contributed by atoms with Gasteiger partial charge in [0.1, 0.15) is 0 Å². The molecule has 0 aliphatic rings. The van der Waals surface area contributed by atoms with E-state index in [4.69, 9.17) is 11.6 Å². The Bertz CT molecular complexity index is 338. The van der Waals surface area contributed by atoms with Crippen LogP contribution in [0.4, 0.5) is 0 Å². The van der Waals surface area contributed by atoms with Gasteiger partial charge in [-0.05, 0) is 19.1 Å². The van der Waals surface area contributed by atoms with Crippen LogP contribution in [0.25, 0.3) is 0 Å². The molecule has 0 saturated carbocycles. The first-order valence-corrected chi connectivity index (χ1v) is 5.89. The van der Waals surface area contributed by atoms with Crippen molar-refractivity contribution in [3.05, 3.63) is 21.3 Å². The van der Waals surface area contributed by atoms with E-state index in [1.54, 1.807) is 19.0 Å². The van der Waals surface area contributed by atoms with E-state index in [1.165, 1.54) is 11.3 Å². The van der Waals surface area contributed by atoms with E-state index in [1.807, 2.05) is 19.1 Å². The van der Waals surface area contributed by atoms with Crippen LogP contribution < -0.4 is 5.32 Å². The molecule has 15 heavy (non-hydrogen) atoms. The summed E-state index contributed by atoms with van der Waals surface area (Å²) in [6.07, 6.45) is 0. The molecule has 1 N–H and O–H groups in total. The van der Waals surface area contributed by atoms with Crippen LogP contribution in [0.15, 0.2) is 12.1 Å². The van der Waals surface area contributed by atoms with Gasteiger partial charge in [0.15, 0.2) is 0 Å². The number of carbonyl (C=O) groups excluding carboxylic acids is 1. The Morgan fingerprint density at radius 2 is 2.27 bits per heavy atom. The number of nitrogens with zero attached hydrogens (tertiary/aromatic N) is 1. The van der Waals surface area contributed by atoms with Crippen LogP contribution in [-0.2, 0) is 4.79 Å². The van der Waals surface area contributed by atoms with Gasteiger partial charge in [0, 0.05) is 25.0 Å². The molecule has 1 atom stereocenters. The van der Waals surface area contributed by atoms with E-state index in [-0.39, 0.29) is 11.9 Å². The topological polar surface area (TPSA) is 32.3 Å². The first-order chi connectivity index (χ1) is 7.00. The van der Waals surface area contributed by atoms with Crippen LogP contribution in [0.5, 0.6) is 0 Å². The summed E-state index contributed by atoms with van der Waals surface area (Å²) in [5.41, 5.74) is 0. The summed E-state index contributed by atoms with van der Waals surface area (Å²) >= 11 is 7.37. The van der Waals surface area contributed by atoms with Crippen molar-refractivity contribution in [2.75, 3.05) is 20.6 Å². The van der Waals surface area contributed by atoms with E-state index in [9.17, 15) is 4.79 Å². The van der Waals surface area contributed by atoms with Crippen LogP contribution >= 0.6 is 22.9 Å². The van der Waals surface area contributed by atoms with Crippen molar-refractivity contribution in [2.24, 2.45) is 0 Å². The van der Waals surface area contributed by atoms with Gasteiger partial charge < -0.3 is 10.2 Å². The molecule has 1 aromatic heterocycles. The maximum atomic E-state index is 11.3. The average molecular weight is 247 g/mol. The van der Waals surface area contributed by atoms with Crippen LogP contribution in [0.2, 0.25) is 4.34 Å². The van der Waals surface area contributed by atoms with Gasteiger partial charge in [-0.15, -0.1) is 11.3 Å². The number of nitrogens with one attached hydrogen (secondary N) is 1. The molecular weight excluding hydrogens is 232 g/mol. The van der Waals surface area contributed by atoms with Gasteiger partial charge in [-0.2, -0.15) is 0 Å². The van der Waals surface area contributed by atoms with Gasteiger partial charge in [-0.1, -0.05) is 11.6 Å². The third-order valence-corrected chi connectivity index (χ3v) is 3.49. The second-order valence-electron chi connectivity index (χ2n) is 3.53. The second kappa shape index (κ2) is 5.49. The molecule has 0 spiro atoms. The number of amides is 1. The summed E-state index contributed by atoms with van der Waals surface area (Å²) < 4.78 is 0.776. The zero-order chi connectivity index (χ0) is 11.4. The van der Waals surface area contributed by atoms with Crippen LogP contribution in [0, 0.1) is 0 Å². The molecule has 0 radical (unpaired) electrons. The molecule has 0 fully saturated rings. The first-order valence-electron chi connectivity index (χ1n) is 4.69. The lowest BCUT2D eigenvalue weighted by Crippen LogP contribution is -2.34. The van der Waals surface area contributed by atoms with Crippen molar-refractivity contribution in [3.8, 4) is 0 Å². The molecule has 0 aromatic carbocycles. The van der Waals surface area contributed by atoms with Crippen LogP contribution in [0.3, 0.4) is 0 Å². The Labute approximate surface area is 99.0 Å². The number of rotatable bonds is 4. The fourth-order valence-electron chi connectivity index (χ4n) is 1.06. The highest BCUT2D eigenvalue weighted by Gasteiger charge is 2.10. The standard InChI is InChI=1S/C10H15ClN2OS/c1-7(8-4-5-9(11)15-8)12-6-10(14)13(2)3/h4-5,7,12H,6H2,1-3H3. The quantitative estimate of drug-likeness (QED) is 0.883. The minimum atomic E-state index is 0.0736. The molecule has 0 aliphatic heterocycles. The minimum absolute atomic E-state index is 0.0736. The molecule has 0 aliphatic carbocycles. The van der Waals surface area contributed by atoms with Crippen LogP contribution in [-0.4, -0.2) is 31.4 Å². The maximum Gasteiger partial charge on any atom is 0.236 e. The van der Waals surface area contributed by atoms with E-state index in [2.05, 4.69) is 5.32 Å². The largest absolute Gasteiger partial charge is 0.348 e. The normalized spacial score (nSPS) is 12.5. The Morgan fingerprint density at radius 1 is 1.60 bits per heavy atom. The zero-order valence-corrected chi connectivity index (χ0v) is 10.7. The molecule has 5 heteroatoms. The lowest BCUT2D eigenvalue weighted by atomic mass is 10.3. The van der Waals surface area contributed by atoms with Crippen LogP contribution in [0.1, 0.15) is 17.8 Å². The summed E-state index contributed by atoms with van der Waals surface area (Å²) in [6, 6.07) is 4.00. The molecular formula is C10H15ClN2OS. The average Bonchev–Trinajstić information content (AvgIpc) is 2.60. The van der Waals surface area contributed by atoms with Crippen molar-refractivity contribution in [1.82, 2.24) is 10.2 Å². The van der Waals surface area contributed by atoms with Gasteiger partial charge in [0.25, 0.3) is 0 Å². The third-order valence-electron chi connectivity index (χ3n) is 2.08. The fourth-order valence-corrected chi connectivity index (χ4v) is 2.15. The van der Waals surface area contributed by atoms with Gasteiger partial charge in [0.05, 0.1) is 10.9 Å². The molecule has 1 aromatic rings. The van der Waals surface area contributed by atoms with E-state index >= 15 is 0 Å². The Hall–Kier alpha value is -0.580. The first kappa shape index (κ1) is 12.5. The summed E-state index contributed by atoms with van der Waals surface area (Å²) in [7, 11) is 3.49. The van der Waals surface area contributed by atoms with Gasteiger partial charge >= 0.3 is 0 Å². The van der Waals surface area contributed by atoms with Gasteiger partial charge in [-0.3, -0.25) is 4.79 Å². The van der Waals surface area contributed by atoms with Crippen molar-refractivity contribution < 1.29 is 4.79 Å². The molecule has 0 saturated heterocycles. The summed E-state index contributed by atoms with van der Waals surface area (Å²) in [5.74, 6) is 0.0736. The highest BCUT2D eigenvalue weighted by molar-refractivity contribution is 7.16. The van der Waals surface area contributed by atoms with Crippen molar-refractivity contribution in [1.29, 1.82) is 0 Å². The molecule has 84 valence electrons. The number of carbonyl (C=O) groups is 1. The van der Waals surface area contributed by atoms with E-state index in [0.29, 0.717) is 6.54 Å². The Kier molecular flexibility index (Phi) is 4.57. The fraction of sp³-hybridized carbons (Fsp3) is 0.500. The zero-order valence-electron chi connectivity index (χ0n) is 9.08. The highest BCUT2D eigenvalue weighted by atomic mass is 35.5. The van der Waals surface area contributed by atoms with Gasteiger partial charge in [-0.25, -0.2) is 0 Å². The second-order valence-corrected chi connectivity index (χ2v) is 5.28. The molecule has 0 bridgehead atoms. The van der Waals surface area contributed by atoms with Crippen molar-refractivity contribution >= 4 is 28.8 Å². The SMILES string of the molecule is CC(NCC(=O)N(C)C)c1ccc(Cl)s1. The molecule has 1 heterocycles. The molecule has 1 rings (SSSR count). The molecule has 1 amide bonds. The highest BCUT2D eigenvalue weighted by Crippen LogP contribution is 2.26. The third kappa shape index (κ3) is 3.81. The van der Waals surface area contributed by atoms with E-state index in [0.717, 1.165) is 9.21 Å².